The molecule has 5 nitrogen and oxygen atoms in total. The first-order chi connectivity index (χ1) is 10.8. The Morgan fingerprint density at radius 2 is 1.45 bits per heavy atom. The number of esters is 1. The Morgan fingerprint density at radius 3 is 2.05 bits per heavy atom. The number of hydrogen-bond acceptors (Lipinski definition) is 5. The number of pyridine rings is 3. The molecule has 108 valence electrons. The third-order valence-corrected chi connectivity index (χ3v) is 3.23. The summed E-state index contributed by atoms with van der Waals surface area (Å²) in [5.41, 5.74) is 3.75. The van der Waals surface area contributed by atoms with E-state index in [1.54, 1.807) is 30.9 Å². The van der Waals surface area contributed by atoms with E-state index in [9.17, 15) is 4.79 Å². The predicted octanol–water partition coefficient (Wildman–Crippen LogP) is 2.99. The lowest BCUT2D eigenvalue weighted by molar-refractivity contribution is 0.0594. The van der Waals surface area contributed by atoms with Crippen LogP contribution in [0.5, 0.6) is 0 Å². The fraction of sp³-hybridized carbons (Fsp3) is 0.0588. The molecule has 0 aliphatic rings. The van der Waals surface area contributed by atoms with E-state index in [2.05, 4.69) is 15.0 Å². The maximum atomic E-state index is 11.7. The molecule has 5 heteroatoms. The highest BCUT2D eigenvalue weighted by Gasteiger charge is 2.14. The third kappa shape index (κ3) is 2.69. The smallest absolute Gasteiger partial charge is 0.356 e. The zero-order chi connectivity index (χ0) is 15.4. The minimum absolute atomic E-state index is 0.270. The van der Waals surface area contributed by atoms with Gasteiger partial charge in [-0.15, -0.1) is 0 Å². The molecular formula is C17H13N3O2. The molecule has 0 amide bonds. The predicted molar refractivity (Wildman–Crippen MR) is 82.0 cm³/mol. The van der Waals surface area contributed by atoms with Crippen molar-refractivity contribution in [1.29, 1.82) is 0 Å². The Morgan fingerprint density at radius 1 is 0.864 bits per heavy atom. The van der Waals surface area contributed by atoms with Gasteiger partial charge in [-0.05, 0) is 42.0 Å². The van der Waals surface area contributed by atoms with Gasteiger partial charge in [-0.3, -0.25) is 9.97 Å². The lowest BCUT2D eigenvalue weighted by atomic mass is 10.0. The van der Waals surface area contributed by atoms with Crippen LogP contribution in [0.25, 0.3) is 22.4 Å². The Kier molecular flexibility index (Phi) is 3.87. The largest absolute Gasteiger partial charge is 0.464 e. The average molecular weight is 291 g/mol. The van der Waals surface area contributed by atoms with Gasteiger partial charge in [0, 0.05) is 35.9 Å². The van der Waals surface area contributed by atoms with Gasteiger partial charge in [0.2, 0.25) is 0 Å². The van der Waals surface area contributed by atoms with E-state index in [-0.39, 0.29) is 5.69 Å². The van der Waals surface area contributed by atoms with Crippen LogP contribution in [0.3, 0.4) is 0 Å². The molecule has 3 heterocycles. The number of hydrogen-bond donors (Lipinski definition) is 0. The SMILES string of the molecule is COC(=O)c1ccc(-c2ccncc2)c(-c2ccncc2)n1. The summed E-state index contributed by atoms with van der Waals surface area (Å²) < 4.78 is 4.75. The van der Waals surface area contributed by atoms with Gasteiger partial charge < -0.3 is 4.74 Å². The third-order valence-electron chi connectivity index (χ3n) is 3.23. The second-order valence-electron chi connectivity index (χ2n) is 4.56. The van der Waals surface area contributed by atoms with Crippen LogP contribution in [0.4, 0.5) is 0 Å². The number of rotatable bonds is 3. The molecule has 0 radical (unpaired) electrons. The standard InChI is InChI=1S/C17H13N3O2/c1-22-17(21)15-3-2-14(12-4-8-18-9-5-12)16(20-15)13-6-10-19-11-7-13/h2-11H,1H3. The van der Waals surface area contributed by atoms with Gasteiger partial charge in [-0.25, -0.2) is 9.78 Å². The van der Waals surface area contributed by atoms with Crippen LogP contribution in [0.1, 0.15) is 10.5 Å². The lowest BCUT2D eigenvalue weighted by Gasteiger charge is -2.10. The molecule has 0 N–H and O–H groups in total. The van der Waals surface area contributed by atoms with E-state index in [0.717, 1.165) is 16.7 Å². The Hall–Kier alpha value is -3.08. The highest BCUT2D eigenvalue weighted by atomic mass is 16.5. The van der Waals surface area contributed by atoms with Crippen LogP contribution in [0, 0.1) is 0 Å². The van der Waals surface area contributed by atoms with Gasteiger partial charge in [-0.2, -0.15) is 0 Å². The van der Waals surface area contributed by atoms with E-state index >= 15 is 0 Å². The van der Waals surface area contributed by atoms with Gasteiger partial charge in [0.25, 0.3) is 0 Å². The van der Waals surface area contributed by atoms with Crippen molar-refractivity contribution in [1.82, 2.24) is 15.0 Å². The summed E-state index contributed by atoms with van der Waals surface area (Å²) in [5, 5.41) is 0. The monoisotopic (exact) mass is 291 g/mol. The van der Waals surface area contributed by atoms with Crippen molar-refractivity contribution in [2.45, 2.75) is 0 Å². The van der Waals surface area contributed by atoms with Crippen LogP contribution in [0.15, 0.2) is 61.2 Å². The number of nitrogens with zero attached hydrogens (tertiary/aromatic N) is 3. The number of ether oxygens (including phenoxy) is 1. The molecule has 0 aliphatic carbocycles. The van der Waals surface area contributed by atoms with Crippen molar-refractivity contribution in [3.8, 4) is 22.4 Å². The number of methoxy groups -OCH3 is 1. The molecule has 0 unspecified atom stereocenters. The summed E-state index contributed by atoms with van der Waals surface area (Å²) in [6.07, 6.45) is 6.83. The summed E-state index contributed by atoms with van der Waals surface area (Å²) >= 11 is 0. The van der Waals surface area contributed by atoms with Crippen molar-refractivity contribution >= 4 is 5.97 Å². The normalized spacial score (nSPS) is 10.2. The first-order valence-electron chi connectivity index (χ1n) is 6.70. The fourth-order valence-corrected chi connectivity index (χ4v) is 2.17. The van der Waals surface area contributed by atoms with E-state index in [1.165, 1.54) is 7.11 Å². The maximum absolute atomic E-state index is 11.7. The lowest BCUT2D eigenvalue weighted by Crippen LogP contribution is -2.05. The van der Waals surface area contributed by atoms with Gasteiger partial charge in [0.15, 0.2) is 0 Å². The molecule has 3 aromatic heterocycles. The van der Waals surface area contributed by atoms with E-state index in [1.807, 2.05) is 30.3 Å². The Labute approximate surface area is 127 Å². The second kappa shape index (κ2) is 6.13. The number of carbonyl (C=O) groups excluding carboxylic acids is 1. The molecule has 0 atom stereocenters. The van der Waals surface area contributed by atoms with Crippen LogP contribution in [-0.4, -0.2) is 28.0 Å². The van der Waals surface area contributed by atoms with Gasteiger partial charge >= 0.3 is 5.97 Å². The molecular weight excluding hydrogens is 278 g/mol. The highest BCUT2D eigenvalue weighted by Crippen LogP contribution is 2.30. The van der Waals surface area contributed by atoms with Crippen LogP contribution in [-0.2, 0) is 4.74 Å². The van der Waals surface area contributed by atoms with E-state index in [4.69, 9.17) is 4.74 Å². The fourth-order valence-electron chi connectivity index (χ4n) is 2.17. The molecule has 0 spiro atoms. The Balaban J connectivity index is 2.20. The first-order valence-corrected chi connectivity index (χ1v) is 6.70. The molecule has 0 saturated heterocycles. The van der Waals surface area contributed by atoms with Gasteiger partial charge in [0.1, 0.15) is 5.69 Å². The van der Waals surface area contributed by atoms with E-state index in [0.29, 0.717) is 5.69 Å². The molecule has 0 bridgehead atoms. The zero-order valence-corrected chi connectivity index (χ0v) is 11.9. The number of aromatic nitrogens is 3. The summed E-state index contributed by atoms with van der Waals surface area (Å²) in [6.45, 7) is 0. The van der Waals surface area contributed by atoms with Crippen LogP contribution >= 0.6 is 0 Å². The summed E-state index contributed by atoms with van der Waals surface area (Å²) in [7, 11) is 1.34. The van der Waals surface area contributed by atoms with Crippen molar-refractivity contribution in [3.63, 3.8) is 0 Å². The molecule has 3 aromatic rings. The average Bonchev–Trinajstić information content (AvgIpc) is 2.62. The minimum Gasteiger partial charge on any atom is -0.464 e. The molecule has 0 saturated carbocycles. The molecule has 3 rings (SSSR count). The maximum Gasteiger partial charge on any atom is 0.356 e. The summed E-state index contributed by atoms with van der Waals surface area (Å²) in [5.74, 6) is -0.461. The summed E-state index contributed by atoms with van der Waals surface area (Å²) in [6, 6.07) is 11.0. The first kappa shape index (κ1) is 13.9. The van der Waals surface area contributed by atoms with Gasteiger partial charge in [0.05, 0.1) is 12.8 Å². The van der Waals surface area contributed by atoms with Crippen molar-refractivity contribution in [3.05, 3.63) is 66.9 Å². The van der Waals surface area contributed by atoms with Crippen LogP contribution < -0.4 is 0 Å². The topological polar surface area (TPSA) is 65.0 Å². The van der Waals surface area contributed by atoms with Crippen molar-refractivity contribution in [2.24, 2.45) is 0 Å². The second-order valence-corrected chi connectivity index (χ2v) is 4.56. The van der Waals surface area contributed by atoms with Crippen molar-refractivity contribution in [2.75, 3.05) is 7.11 Å². The number of carbonyl (C=O) groups is 1. The van der Waals surface area contributed by atoms with Crippen molar-refractivity contribution < 1.29 is 9.53 Å². The van der Waals surface area contributed by atoms with Gasteiger partial charge in [-0.1, -0.05) is 0 Å². The van der Waals surface area contributed by atoms with E-state index < -0.39 is 5.97 Å². The quantitative estimate of drug-likeness (QED) is 0.694. The summed E-state index contributed by atoms with van der Waals surface area (Å²) in [4.78, 5) is 24.3. The molecule has 0 fully saturated rings. The Bertz CT molecular complexity index is 790. The highest BCUT2D eigenvalue weighted by molar-refractivity contribution is 5.90. The minimum atomic E-state index is -0.461. The molecule has 0 aliphatic heterocycles. The van der Waals surface area contributed by atoms with Crippen LogP contribution in [0.2, 0.25) is 0 Å². The zero-order valence-electron chi connectivity index (χ0n) is 11.9. The molecule has 22 heavy (non-hydrogen) atoms. The molecule has 0 aromatic carbocycles.